The molecule has 1 N–H and O–H groups in total. The van der Waals surface area contributed by atoms with Crippen molar-refractivity contribution in [2.24, 2.45) is 7.05 Å². The van der Waals surface area contributed by atoms with Crippen molar-refractivity contribution in [2.75, 3.05) is 0 Å². The Bertz CT molecular complexity index is 838. The van der Waals surface area contributed by atoms with E-state index >= 15 is 0 Å². The number of aromatic nitrogens is 2. The van der Waals surface area contributed by atoms with Crippen molar-refractivity contribution in [1.29, 1.82) is 0 Å². The van der Waals surface area contributed by atoms with Crippen LogP contribution in [0.5, 0.6) is 0 Å². The number of halogens is 1. The van der Waals surface area contributed by atoms with Crippen LogP contribution in [0.2, 0.25) is 5.02 Å². The summed E-state index contributed by atoms with van der Waals surface area (Å²) in [6.45, 7) is 0.176. The number of nitrogens with one attached hydrogen (secondary N) is 1. The number of benzene rings is 1. The van der Waals surface area contributed by atoms with Gasteiger partial charge in [0.05, 0.1) is 17.6 Å². The zero-order valence-electron chi connectivity index (χ0n) is 13.5. The number of carbonyl (C=O) groups is 2. The van der Waals surface area contributed by atoms with Gasteiger partial charge >= 0.3 is 6.03 Å². The Morgan fingerprint density at radius 2 is 2.00 bits per heavy atom. The molecule has 2 aromatic rings. The molecule has 2 aliphatic rings. The first-order valence-electron chi connectivity index (χ1n) is 8.25. The second-order valence-corrected chi connectivity index (χ2v) is 7.12. The molecule has 2 fully saturated rings. The summed E-state index contributed by atoms with van der Waals surface area (Å²) in [4.78, 5) is 31.1. The monoisotopic (exact) mass is 346 g/mol. The number of hydrogen-bond donors (Lipinski definition) is 1. The van der Waals surface area contributed by atoms with Gasteiger partial charge in [0, 0.05) is 12.1 Å². The van der Waals surface area contributed by atoms with E-state index in [0.29, 0.717) is 10.8 Å². The first-order valence-corrected chi connectivity index (χ1v) is 8.63. The highest BCUT2D eigenvalue weighted by atomic mass is 35.5. The van der Waals surface area contributed by atoms with Gasteiger partial charge in [-0.2, -0.15) is 0 Å². The van der Waals surface area contributed by atoms with Crippen LogP contribution in [-0.4, -0.2) is 31.9 Å². The second-order valence-electron chi connectivity index (χ2n) is 6.68. The van der Waals surface area contributed by atoms with E-state index in [0.717, 1.165) is 43.1 Å². The maximum absolute atomic E-state index is 12.9. The van der Waals surface area contributed by atoms with Crippen LogP contribution >= 0.6 is 11.6 Å². The number of urea groups is 1. The SMILES string of the molecule is Cn1c(CN2C(=O)NC3(CCCCC3)C2=O)nc2cc(Cl)ccc21. The van der Waals surface area contributed by atoms with Crippen molar-refractivity contribution in [3.05, 3.63) is 29.0 Å². The van der Waals surface area contributed by atoms with Gasteiger partial charge in [-0.1, -0.05) is 30.9 Å². The third kappa shape index (κ3) is 2.28. The topological polar surface area (TPSA) is 67.2 Å². The van der Waals surface area contributed by atoms with Gasteiger partial charge in [0.25, 0.3) is 5.91 Å². The molecule has 1 saturated carbocycles. The summed E-state index contributed by atoms with van der Waals surface area (Å²) in [6.07, 6.45) is 4.53. The van der Waals surface area contributed by atoms with Crippen LogP contribution < -0.4 is 5.32 Å². The zero-order valence-corrected chi connectivity index (χ0v) is 14.3. The lowest BCUT2D eigenvalue weighted by molar-refractivity contribution is -0.132. The molecule has 6 nitrogen and oxygen atoms in total. The normalized spacial score (nSPS) is 20.2. The molecule has 1 aliphatic carbocycles. The van der Waals surface area contributed by atoms with Gasteiger partial charge in [-0.25, -0.2) is 9.78 Å². The van der Waals surface area contributed by atoms with Crippen LogP contribution in [0.4, 0.5) is 4.79 Å². The standard InChI is InChI=1S/C17H19ClN4O2/c1-21-13-6-5-11(18)9-12(13)19-14(21)10-22-15(23)17(20-16(22)24)7-3-2-4-8-17/h5-6,9H,2-4,7-8,10H2,1H3,(H,20,24). The summed E-state index contributed by atoms with van der Waals surface area (Å²) in [7, 11) is 1.88. The lowest BCUT2D eigenvalue weighted by atomic mass is 9.82. The van der Waals surface area contributed by atoms with Crippen molar-refractivity contribution < 1.29 is 9.59 Å². The van der Waals surface area contributed by atoms with Crippen LogP contribution in [0, 0.1) is 0 Å². The van der Waals surface area contributed by atoms with E-state index in [1.807, 2.05) is 17.7 Å². The number of imide groups is 1. The summed E-state index contributed by atoms with van der Waals surface area (Å²) >= 11 is 6.02. The first kappa shape index (κ1) is 15.4. The number of hydrogen-bond acceptors (Lipinski definition) is 3. The molecule has 126 valence electrons. The number of nitrogens with zero attached hydrogens (tertiary/aromatic N) is 3. The average molecular weight is 347 g/mol. The maximum atomic E-state index is 12.9. The van der Waals surface area contributed by atoms with E-state index in [9.17, 15) is 9.59 Å². The molecule has 2 heterocycles. The molecule has 1 spiro atoms. The molecule has 0 bridgehead atoms. The number of rotatable bonds is 2. The van der Waals surface area contributed by atoms with Gasteiger partial charge in [-0.05, 0) is 31.0 Å². The summed E-state index contributed by atoms with van der Waals surface area (Å²) < 4.78 is 1.90. The van der Waals surface area contributed by atoms with Crippen molar-refractivity contribution in [3.63, 3.8) is 0 Å². The van der Waals surface area contributed by atoms with Gasteiger partial charge in [-0.3, -0.25) is 9.69 Å². The number of carbonyl (C=O) groups excluding carboxylic acids is 2. The summed E-state index contributed by atoms with van der Waals surface area (Å²) in [5.74, 6) is 0.556. The Balaban J connectivity index is 1.64. The molecule has 0 radical (unpaired) electrons. The summed E-state index contributed by atoms with van der Waals surface area (Å²) in [5.41, 5.74) is 0.997. The van der Waals surface area contributed by atoms with E-state index in [-0.39, 0.29) is 18.5 Å². The van der Waals surface area contributed by atoms with Crippen LogP contribution in [-0.2, 0) is 18.4 Å². The maximum Gasteiger partial charge on any atom is 0.325 e. The lowest BCUT2D eigenvalue weighted by Crippen LogP contribution is -2.48. The first-order chi connectivity index (χ1) is 11.5. The van der Waals surface area contributed by atoms with Gasteiger partial charge in [0.1, 0.15) is 11.4 Å². The predicted octanol–water partition coefficient (Wildman–Crippen LogP) is 2.98. The fraction of sp³-hybridized carbons (Fsp3) is 0.471. The quantitative estimate of drug-likeness (QED) is 0.850. The van der Waals surface area contributed by atoms with Crippen LogP contribution in [0.3, 0.4) is 0 Å². The lowest BCUT2D eigenvalue weighted by Gasteiger charge is -2.30. The molecule has 0 atom stereocenters. The van der Waals surface area contributed by atoms with E-state index in [1.54, 1.807) is 12.1 Å². The number of amides is 3. The molecule has 1 aromatic carbocycles. The highest BCUT2D eigenvalue weighted by Gasteiger charge is 2.51. The highest BCUT2D eigenvalue weighted by Crippen LogP contribution is 2.34. The minimum atomic E-state index is -0.691. The zero-order chi connectivity index (χ0) is 16.9. The van der Waals surface area contributed by atoms with Crippen LogP contribution in [0.15, 0.2) is 18.2 Å². The van der Waals surface area contributed by atoms with Crippen molar-refractivity contribution >= 4 is 34.6 Å². The third-order valence-electron chi connectivity index (χ3n) is 5.19. The van der Waals surface area contributed by atoms with Crippen LogP contribution in [0.25, 0.3) is 11.0 Å². The van der Waals surface area contributed by atoms with E-state index in [2.05, 4.69) is 10.3 Å². The Hall–Kier alpha value is -2.08. The molecule has 0 unspecified atom stereocenters. The smallest absolute Gasteiger partial charge is 0.325 e. The fourth-order valence-electron chi connectivity index (χ4n) is 3.82. The molecule has 24 heavy (non-hydrogen) atoms. The van der Waals surface area contributed by atoms with Gasteiger partial charge in [-0.15, -0.1) is 0 Å². The van der Waals surface area contributed by atoms with Gasteiger partial charge in [0.15, 0.2) is 0 Å². The molecule has 1 aliphatic heterocycles. The molecule has 1 saturated heterocycles. The van der Waals surface area contributed by atoms with Gasteiger partial charge in [0.2, 0.25) is 0 Å². The third-order valence-corrected chi connectivity index (χ3v) is 5.42. The number of fused-ring (bicyclic) bond motifs is 1. The Morgan fingerprint density at radius 1 is 1.25 bits per heavy atom. The van der Waals surface area contributed by atoms with Crippen molar-refractivity contribution in [1.82, 2.24) is 19.8 Å². The van der Waals surface area contributed by atoms with Crippen molar-refractivity contribution in [2.45, 2.75) is 44.2 Å². The highest BCUT2D eigenvalue weighted by molar-refractivity contribution is 6.31. The number of aryl methyl sites for hydroxylation is 1. The van der Waals surface area contributed by atoms with Crippen molar-refractivity contribution in [3.8, 4) is 0 Å². The minimum absolute atomic E-state index is 0.114. The van der Waals surface area contributed by atoms with E-state index < -0.39 is 5.54 Å². The Kier molecular flexibility index (Phi) is 3.53. The van der Waals surface area contributed by atoms with E-state index in [1.165, 1.54) is 4.90 Å². The molecule has 4 rings (SSSR count). The fourth-order valence-corrected chi connectivity index (χ4v) is 3.99. The predicted molar refractivity (Wildman–Crippen MR) is 90.6 cm³/mol. The number of imidazole rings is 1. The Morgan fingerprint density at radius 3 is 2.75 bits per heavy atom. The molecular weight excluding hydrogens is 328 g/mol. The van der Waals surface area contributed by atoms with Gasteiger partial charge < -0.3 is 9.88 Å². The average Bonchev–Trinajstić information content (AvgIpc) is 2.98. The molecule has 7 heteroatoms. The minimum Gasteiger partial charge on any atom is -0.330 e. The molecule has 3 amide bonds. The summed E-state index contributed by atoms with van der Waals surface area (Å²) in [5, 5.41) is 3.55. The summed E-state index contributed by atoms with van der Waals surface area (Å²) in [6, 6.07) is 5.17. The van der Waals surface area contributed by atoms with Crippen LogP contribution in [0.1, 0.15) is 37.9 Å². The van der Waals surface area contributed by atoms with E-state index in [4.69, 9.17) is 11.6 Å². The molecule has 1 aromatic heterocycles. The second kappa shape index (κ2) is 5.48. The Labute approximate surface area is 144 Å². The largest absolute Gasteiger partial charge is 0.330 e. The molecular formula is C17H19ClN4O2.